The highest BCUT2D eigenvalue weighted by molar-refractivity contribution is 9.10. The molecule has 0 aliphatic rings. The van der Waals surface area contributed by atoms with Crippen LogP contribution in [0.25, 0.3) is 22.0 Å². The number of aromatic amines is 1. The van der Waals surface area contributed by atoms with Crippen molar-refractivity contribution >= 4 is 32.7 Å². The SMILES string of the molecule is Nc1oncc1-c1ccc2n[nH]c(Br)c2c1. The highest BCUT2D eigenvalue weighted by atomic mass is 79.9. The third-order valence-electron chi connectivity index (χ3n) is 2.42. The molecule has 0 aliphatic heterocycles. The molecule has 0 amide bonds. The topological polar surface area (TPSA) is 80.7 Å². The summed E-state index contributed by atoms with van der Waals surface area (Å²) in [5.74, 6) is 0.318. The van der Waals surface area contributed by atoms with Crippen LogP contribution in [0.2, 0.25) is 0 Å². The summed E-state index contributed by atoms with van der Waals surface area (Å²) in [7, 11) is 0. The average Bonchev–Trinajstić information content (AvgIpc) is 2.86. The standard InChI is InChI=1S/C10H7BrN4O/c11-9-6-3-5(1-2-8(6)14-15-9)7-4-13-16-10(7)12/h1-4H,12H2,(H,14,15). The third-order valence-corrected chi connectivity index (χ3v) is 3.02. The molecule has 6 heteroatoms. The number of H-pyrrole nitrogens is 1. The van der Waals surface area contributed by atoms with Gasteiger partial charge in [-0.3, -0.25) is 5.10 Å². The summed E-state index contributed by atoms with van der Waals surface area (Å²) in [6, 6.07) is 5.82. The minimum Gasteiger partial charge on any atom is -0.367 e. The molecule has 3 rings (SSSR count). The van der Waals surface area contributed by atoms with Gasteiger partial charge in [-0.15, -0.1) is 0 Å². The average molecular weight is 279 g/mol. The van der Waals surface area contributed by atoms with E-state index < -0.39 is 0 Å². The monoisotopic (exact) mass is 278 g/mol. The first-order valence-electron chi connectivity index (χ1n) is 4.60. The fourth-order valence-corrected chi connectivity index (χ4v) is 2.02. The first-order chi connectivity index (χ1) is 7.75. The normalized spacial score (nSPS) is 11.1. The molecule has 2 aromatic heterocycles. The largest absolute Gasteiger partial charge is 0.367 e. The lowest BCUT2D eigenvalue weighted by Crippen LogP contribution is -1.84. The zero-order valence-electron chi connectivity index (χ0n) is 8.07. The fraction of sp³-hybridized carbons (Fsp3) is 0. The molecule has 1 aromatic carbocycles. The van der Waals surface area contributed by atoms with Crippen LogP contribution in [0.15, 0.2) is 33.5 Å². The zero-order chi connectivity index (χ0) is 11.1. The number of rotatable bonds is 1. The molecule has 3 aromatic rings. The van der Waals surface area contributed by atoms with Gasteiger partial charge in [-0.1, -0.05) is 11.2 Å². The Balaban J connectivity index is 2.25. The van der Waals surface area contributed by atoms with Crippen molar-refractivity contribution in [2.45, 2.75) is 0 Å². The van der Waals surface area contributed by atoms with Crippen molar-refractivity contribution in [2.75, 3.05) is 5.73 Å². The van der Waals surface area contributed by atoms with Gasteiger partial charge in [0.25, 0.3) is 0 Å². The van der Waals surface area contributed by atoms with Crippen LogP contribution in [0, 0.1) is 0 Å². The number of nitrogens with one attached hydrogen (secondary N) is 1. The van der Waals surface area contributed by atoms with E-state index in [0.29, 0.717) is 5.88 Å². The van der Waals surface area contributed by atoms with E-state index in [1.165, 1.54) is 0 Å². The number of halogens is 1. The lowest BCUT2D eigenvalue weighted by Gasteiger charge is -1.97. The molecule has 2 heterocycles. The Kier molecular flexibility index (Phi) is 1.97. The quantitative estimate of drug-likeness (QED) is 0.717. The van der Waals surface area contributed by atoms with Crippen LogP contribution < -0.4 is 5.73 Å². The summed E-state index contributed by atoms with van der Waals surface area (Å²) in [6.45, 7) is 0. The maximum absolute atomic E-state index is 5.67. The maximum Gasteiger partial charge on any atom is 0.229 e. The van der Waals surface area contributed by atoms with Crippen LogP contribution in [-0.4, -0.2) is 15.4 Å². The molecule has 0 spiro atoms. The zero-order valence-corrected chi connectivity index (χ0v) is 9.65. The van der Waals surface area contributed by atoms with E-state index in [0.717, 1.165) is 26.6 Å². The van der Waals surface area contributed by atoms with Gasteiger partial charge in [-0.25, -0.2) is 0 Å². The smallest absolute Gasteiger partial charge is 0.229 e. The molecule has 16 heavy (non-hydrogen) atoms. The van der Waals surface area contributed by atoms with E-state index in [-0.39, 0.29) is 0 Å². The highest BCUT2D eigenvalue weighted by Crippen LogP contribution is 2.30. The van der Waals surface area contributed by atoms with Gasteiger partial charge in [0.1, 0.15) is 4.60 Å². The second-order valence-corrected chi connectivity index (χ2v) is 4.17. The second-order valence-electron chi connectivity index (χ2n) is 3.37. The number of benzene rings is 1. The molecule has 5 nitrogen and oxygen atoms in total. The molecule has 0 fully saturated rings. The summed E-state index contributed by atoms with van der Waals surface area (Å²) >= 11 is 3.39. The van der Waals surface area contributed by atoms with Crippen molar-refractivity contribution in [3.8, 4) is 11.1 Å². The van der Waals surface area contributed by atoms with Crippen molar-refractivity contribution in [1.29, 1.82) is 0 Å². The number of hydrogen-bond donors (Lipinski definition) is 2. The summed E-state index contributed by atoms with van der Waals surface area (Å²) in [5, 5.41) is 11.6. The summed E-state index contributed by atoms with van der Waals surface area (Å²) in [4.78, 5) is 0. The molecule has 0 saturated carbocycles. The van der Waals surface area contributed by atoms with Crippen LogP contribution in [0.1, 0.15) is 0 Å². The van der Waals surface area contributed by atoms with Gasteiger partial charge in [0.05, 0.1) is 17.3 Å². The first-order valence-corrected chi connectivity index (χ1v) is 5.39. The number of hydrogen-bond acceptors (Lipinski definition) is 4. The molecule has 0 unspecified atom stereocenters. The number of fused-ring (bicyclic) bond motifs is 1. The summed E-state index contributed by atoms with van der Waals surface area (Å²) < 4.78 is 5.68. The van der Waals surface area contributed by atoms with Crippen LogP contribution in [-0.2, 0) is 0 Å². The number of anilines is 1. The Bertz CT molecular complexity index is 658. The van der Waals surface area contributed by atoms with Crippen molar-refractivity contribution in [3.05, 3.63) is 29.0 Å². The van der Waals surface area contributed by atoms with Gasteiger partial charge >= 0.3 is 0 Å². The Labute approximate surface area is 98.7 Å². The van der Waals surface area contributed by atoms with E-state index in [1.54, 1.807) is 6.20 Å². The predicted molar refractivity (Wildman–Crippen MR) is 63.7 cm³/mol. The number of nitrogen functional groups attached to an aromatic ring is 1. The molecule has 0 bridgehead atoms. The summed E-state index contributed by atoms with van der Waals surface area (Å²) in [6.07, 6.45) is 1.60. The molecule has 0 radical (unpaired) electrons. The van der Waals surface area contributed by atoms with E-state index in [1.807, 2.05) is 18.2 Å². The summed E-state index contributed by atoms with van der Waals surface area (Å²) in [5.41, 5.74) is 8.30. The van der Waals surface area contributed by atoms with Crippen LogP contribution in [0.5, 0.6) is 0 Å². The second kappa shape index (κ2) is 3.34. The van der Waals surface area contributed by atoms with Crippen molar-refractivity contribution in [2.24, 2.45) is 0 Å². The fourth-order valence-electron chi connectivity index (χ4n) is 1.61. The molecular weight excluding hydrogens is 272 g/mol. The highest BCUT2D eigenvalue weighted by Gasteiger charge is 2.09. The van der Waals surface area contributed by atoms with Crippen molar-refractivity contribution in [1.82, 2.24) is 15.4 Å². The lowest BCUT2D eigenvalue weighted by atomic mass is 10.1. The molecule has 3 N–H and O–H groups in total. The van der Waals surface area contributed by atoms with Gasteiger partial charge in [-0.05, 0) is 33.6 Å². The van der Waals surface area contributed by atoms with Crippen LogP contribution in [0.4, 0.5) is 5.88 Å². The Hall–Kier alpha value is -1.82. The molecule has 0 aliphatic carbocycles. The predicted octanol–water partition coefficient (Wildman–Crippen LogP) is 2.56. The lowest BCUT2D eigenvalue weighted by molar-refractivity contribution is 0.436. The van der Waals surface area contributed by atoms with E-state index in [4.69, 9.17) is 10.3 Å². The van der Waals surface area contributed by atoms with Gasteiger partial charge in [0.15, 0.2) is 0 Å². The van der Waals surface area contributed by atoms with Crippen molar-refractivity contribution < 1.29 is 4.52 Å². The molecule has 80 valence electrons. The van der Waals surface area contributed by atoms with Crippen molar-refractivity contribution in [3.63, 3.8) is 0 Å². The third kappa shape index (κ3) is 1.30. The Morgan fingerprint density at radius 3 is 3.00 bits per heavy atom. The van der Waals surface area contributed by atoms with Gasteiger partial charge < -0.3 is 10.3 Å². The maximum atomic E-state index is 5.67. The Morgan fingerprint density at radius 2 is 2.25 bits per heavy atom. The molecule has 0 saturated heterocycles. The number of nitrogens with zero attached hydrogens (tertiary/aromatic N) is 2. The van der Waals surface area contributed by atoms with Crippen LogP contribution >= 0.6 is 15.9 Å². The van der Waals surface area contributed by atoms with E-state index in [9.17, 15) is 0 Å². The van der Waals surface area contributed by atoms with Gasteiger partial charge in [0, 0.05) is 5.39 Å². The first kappa shape index (κ1) is 9.41. The Morgan fingerprint density at radius 1 is 1.38 bits per heavy atom. The minimum atomic E-state index is 0.318. The van der Waals surface area contributed by atoms with E-state index >= 15 is 0 Å². The number of aromatic nitrogens is 3. The molecule has 0 atom stereocenters. The van der Waals surface area contributed by atoms with E-state index in [2.05, 4.69) is 31.3 Å². The van der Waals surface area contributed by atoms with Gasteiger partial charge in [0.2, 0.25) is 5.88 Å². The van der Waals surface area contributed by atoms with Crippen LogP contribution in [0.3, 0.4) is 0 Å². The molecular formula is C10H7BrN4O. The van der Waals surface area contributed by atoms with Gasteiger partial charge in [-0.2, -0.15) is 5.10 Å². The number of nitrogens with two attached hydrogens (primary N) is 1. The minimum absolute atomic E-state index is 0.318.